The van der Waals surface area contributed by atoms with Crippen LogP contribution in [0.4, 0.5) is 15.0 Å². The van der Waals surface area contributed by atoms with Gasteiger partial charge in [-0.1, -0.05) is 12.1 Å². The average molecular weight is 346 g/mol. The third-order valence-electron chi connectivity index (χ3n) is 4.03. The van der Waals surface area contributed by atoms with E-state index < -0.39 is 6.03 Å². The first kappa shape index (κ1) is 17.1. The fraction of sp³-hybridized carbons (Fsp3) is 0.353. The lowest BCUT2D eigenvalue weighted by Crippen LogP contribution is -2.48. The van der Waals surface area contributed by atoms with Gasteiger partial charge in [-0.3, -0.25) is 10.1 Å². The maximum Gasteiger partial charge on any atom is 0.323 e. The van der Waals surface area contributed by atoms with Crippen molar-refractivity contribution in [2.24, 2.45) is 7.05 Å². The maximum absolute atomic E-state index is 13.1. The molecule has 8 heteroatoms. The molecular weight excluding hydrogens is 327 g/mol. The van der Waals surface area contributed by atoms with Crippen LogP contribution in [0.25, 0.3) is 0 Å². The molecule has 1 aliphatic heterocycles. The minimum Gasteiger partial charge on any atom is -0.367 e. The van der Waals surface area contributed by atoms with Crippen LogP contribution in [0.3, 0.4) is 0 Å². The molecule has 25 heavy (non-hydrogen) atoms. The van der Waals surface area contributed by atoms with Crippen molar-refractivity contribution in [3.05, 3.63) is 58.4 Å². The summed E-state index contributed by atoms with van der Waals surface area (Å²) >= 11 is 0. The van der Waals surface area contributed by atoms with Crippen LogP contribution >= 0.6 is 0 Å². The van der Waals surface area contributed by atoms with E-state index in [4.69, 9.17) is 4.74 Å². The monoisotopic (exact) mass is 346 g/mol. The zero-order chi connectivity index (χ0) is 18.0. The number of aryl methyl sites for hydroxylation is 1. The van der Waals surface area contributed by atoms with Crippen LogP contribution in [0.15, 0.2) is 41.5 Å². The number of aromatic nitrogens is 2. The Morgan fingerprint density at radius 3 is 2.76 bits per heavy atom. The Labute approximate surface area is 144 Å². The van der Waals surface area contributed by atoms with Crippen LogP contribution in [0.1, 0.15) is 18.6 Å². The van der Waals surface area contributed by atoms with Gasteiger partial charge in [-0.25, -0.2) is 14.2 Å². The lowest BCUT2D eigenvalue weighted by atomic mass is 10.1. The Morgan fingerprint density at radius 1 is 1.32 bits per heavy atom. The van der Waals surface area contributed by atoms with Gasteiger partial charge in [0.25, 0.3) is 5.56 Å². The van der Waals surface area contributed by atoms with Gasteiger partial charge in [-0.2, -0.15) is 0 Å². The Kier molecular flexibility index (Phi) is 4.80. The summed E-state index contributed by atoms with van der Waals surface area (Å²) in [5.74, 6) is -0.347. The second-order valence-corrected chi connectivity index (χ2v) is 6.01. The Bertz CT molecular complexity index is 821. The van der Waals surface area contributed by atoms with E-state index in [2.05, 4.69) is 10.3 Å². The molecule has 0 saturated carbocycles. The summed E-state index contributed by atoms with van der Waals surface area (Å²) in [6, 6.07) is 5.59. The van der Waals surface area contributed by atoms with Crippen molar-refractivity contribution < 1.29 is 13.9 Å². The van der Waals surface area contributed by atoms with Crippen molar-refractivity contribution in [2.75, 3.05) is 18.4 Å². The van der Waals surface area contributed by atoms with E-state index in [-0.39, 0.29) is 29.4 Å². The van der Waals surface area contributed by atoms with Gasteiger partial charge < -0.3 is 14.2 Å². The van der Waals surface area contributed by atoms with Crippen molar-refractivity contribution >= 4 is 11.8 Å². The van der Waals surface area contributed by atoms with Crippen molar-refractivity contribution in [1.82, 2.24) is 14.5 Å². The number of hydrogen-bond donors (Lipinski definition) is 1. The molecule has 0 spiro atoms. The third-order valence-corrected chi connectivity index (χ3v) is 4.03. The van der Waals surface area contributed by atoms with Gasteiger partial charge in [0.2, 0.25) is 5.82 Å². The van der Waals surface area contributed by atoms with Crippen LogP contribution in [0.2, 0.25) is 0 Å². The molecule has 2 aromatic rings. The molecule has 1 N–H and O–H groups in total. The Morgan fingerprint density at radius 2 is 2.04 bits per heavy atom. The molecule has 2 heterocycles. The maximum atomic E-state index is 13.1. The molecule has 7 nitrogen and oxygen atoms in total. The lowest BCUT2D eigenvalue weighted by molar-refractivity contribution is -0.0643. The summed E-state index contributed by atoms with van der Waals surface area (Å²) in [6.45, 7) is 2.54. The highest BCUT2D eigenvalue weighted by molar-refractivity contribution is 5.88. The van der Waals surface area contributed by atoms with E-state index in [0.717, 1.165) is 5.56 Å². The van der Waals surface area contributed by atoms with Crippen LogP contribution in [0, 0.1) is 5.82 Å². The quantitative estimate of drug-likeness (QED) is 0.901. The fourth-order valence-electron chi connectivity index (χ4n) is 2.74. The molecule has 0 bridgehead atoms. The number of halogens is 1. The molecule has 1 fully saturated rings. The number of carbonyl (C=O) groups excluding carboxylic acids is 1. The fourth-order valence-corrected chi connectivity index (χ4v) is 2.74. The summed E-state index contributed by atoms with van der Waals surface area (Å²) in [6.07, 6.45) is 2.40. The average Bonchev–Trinajstić information content (AvgIpc) is 2.59. The first-order valence-corrected chi connectivity index (χ1v) is 7.92. The van der Waals surface area contributed by atoms with Gasteiger partial charge in [-0.15, -0.1) is 0 Å². The smallest absolute Gasteiger partial charge is 0.323 e. The highest BCUT2D eigenvalue weighted by atomic mass is 19.1. The Hall–Kier alpha value is -2.74. The number of hydrogen-bond acceptors (Lipinski definition) is 4. The molecule has 0 radical (unpaired) electrons. The summed E-state index contributed by atoms with van der Waals surface area (Å²) in [5.41, 5.74) is 0.409. The topological polar surface area (TPSA) is 76.5 Å². The molecule has 2 atom stereocenters. The predicted molar refractivity (Wildman–Crippen MR) is 89.8 cm³/mol. The van der Waals surface area contributed by atoms with Gasteiger partial charge in [0.05, 0.1) is 12.6 Å². The summed E-state index contributed by atoms with van der Waals surface area (Å²) in [7, 11) is 1.58. The second-order valence-electron chi connectivity index (χ2n) is 6.01. The number of carbonyl (C=O) groups is 1. The number of anilines is 1. The van der Waals surface area contributed by atoms with Crippen LogP contribution < -0.4 is 10.9 Å². The number of urea groups is 1. The lowest BCUT2D eigenvalue weighted by Gasteiger charge is -2.36. The zero-order valence-corrected chi connectivity index (χ0v) is 14.0. The molecule has 3 rings (SSSR count). The number of rotatable bonds is 2. The first-order chi connectivity index (χ1) is 11.9. The van der Waals surface area contributed by atoms with Gasteiger partial charge in [-0.05, 0) is 24.6 Å². The summed E-state index contributed by atoms with van der Waals surface area (Å²) < 4.78 is 20.3. The molecule has 1 aliphatic rings. The van der Waals surface area contributed by atoms with Crippen LogP contribution in [0.5, 0.6) is 0 Å². The largest absolute Gasteiger partial charge is 0.367 e. The molecule has 0 unspecified atom stereocenters. The van der Waals surface area contributed by atoms with E-state index in [1.807, 2.05) is 6.92 Å². The highest BCUT2D eigenvalue weighted by Crippen LogP contribution is 2.25. The summed E-state index contributed by atoms with van der Waals surface area (Å²) in [4.78, 5) is 30.0. The van der Waals surface area contributed by atoms with Gasteiger partial charge in [0, 0.05) is 26.0 Å². The second kappa shape index (κ2) is 7.02. The number of amides is 2. The molecule has 132 valence electrons. The van der Waals surface area contributed by atoms with E-state index in [1.54, 1.807) is 24.1 Å². The van der Waals surface area contributed by atoms with E-state index in [1.165, 1.54) is 29.1 Å². The minimum atomic E-state index is -0.418. The van der Waals surface area contributed by atoms with Gasteiger partial charge in [0.1, 0.15) is 11.9 Å². The summed E-state index contributed by atoms with van der Waals surface area (Å²) in [5, 5.41) is 2.55. The van der Waals surface area contributed by atoms with E-state index in [0.29, 0.717) is 13.1 Å². The van der Waals surface area contributed by atoms with Crippen molar-refractivity contribution in [2.45, 2.75) is 19.1 Å². The molecular formula is C17H19FN4O3. The molecule has 1 saturated heterocycles. The molecule has 1 aromatic carbocycles. The zero-order valence-electron chi connectivity index (χ0n) is 14.0. The minimum absolute atomic E-state index is 0.0209. The van der Waals surface area contributed by atoms with Crippen LogP contribution in [-0.2, 0) is 11.8 Å². The number of nitrogens with one attached hydrogen (secondary N) is 1. The van der Waals surface area contributed by atoms with Crippen molar-refractivity contribution in [1.29, 1.82) is 0 Å². The van der Waals surface area contributed by atoms with E-state index in [9.17, 15) is 14.0 Å². The standard InChI is InChI=1S/C17H19FN4O3/c1-11-9-22(10-14(25-11)12-3-5-13(18)6-4-12)17(24)20-15-16(23)21(2)8-7-19-15/h3-8,11,14H,9-10H2,1-2H3,(H,19,20,24)/t11-,14-/m1/s1. The Balaban J connectivity index is 1.74. The van der Waals surface area contributed by atoms with Crippen molar-refractivity contribution in [3.63, 3.8) is 0 Å². The first-order valence-electron chi connectivity index (χ1n) is 7.92. The number of morpholine rings is 1. The number of benzene rings is 1. The third kappa shape index (κ3) is 3.85. The normalized spacial score (nSPS) is 20.4. The van der Waals surface area contributed by atoms with Crippen molar-refractivity contribution in [3.8, 4) is 0 Å². The number of nitrogens with zero attached hydrogens (tertiary/aromatic N) is 3. The van der Waals surface area contributed by atoms with Crippen LogP contribution in [-0.4, -0.2) is 39.7 Å². The van der Waals surface area contributed by atoms with Gasteiger partial charge in [0.15, 0.2) is 0 Å². The highest BCUT2D eigenvalue weighted by Gasteiger charge is 2.30. The molecule has 2 amide bonds. The predicted octanol–water partition coefficient (Wildman–Crippen LogP) is 1.91. The molecule has 0 aliphatic carbocycles. The van der Waals surface area contributed by atoms with E-state index >= 15 is 0 Å². The van der Waals surface area contributed by atoms with Gasteiger partial charge >= 0.3 is 6.03 Å². The molecule has 1 aromatic heterocycles. The SMILES string of the molecule is C[C@@H]1CN(C(=O)Nc2nccn(C)c2=O)C[C@H](c2ccc(F)cc2)O1. The number of ether oxygens (including phenoxy) is 1.